The van der Waals surface area contributed by atoms with Crippen LogP contribution in [-0.2, 0) is 9.47 Å². The van der Waals surface area contributed by atoms with Gasteiger partial charge in [0.25, 0.3) is 0 Å². The largest absolute Gasteiger partial charge is 0.379 e. The molecule has 135 valence electrons. The highest BCUT2D eigenvalue weighted by Crippen LogP contribution is 2.31. The van der Waals surface area contributed by atoms with Crippen LogP contribution in [0.15, 0.2) is 65.7 Å². The molecular weight excluding hydrogens is 324 g/mol. The van der Waals surface area contributed by atoms with Crippen molar-refractivity contribution in [2.45, 2.75) is 19.8 Å². The van der Waals surface area contributed by atoms with Gasteiger partial charge in [-0.15, -0.1) is 0 Å². The Morgan fingerprint density at radius 3 is 2.00 bits per heavy atom. The highest BCUT2D eigenvalue weighted by molar-refractivity contribution is 6.07. The van der Waals surface area contributed by atoms with Gasteiger partial charge in [-0.2, -0.15) is 0 Å². The first-order chi connectivity index (χ1) is 12.9. The first-order valence-electron chi connectivity index (χ1n) is 9.18. The van der Waals surface area contributed by atoms with E-state index in [2.05, 4.69) is 24.3 Å². The molecule has 2 aromatic rings. The zero-order valence-electron chi connectivity index (χ0n) is 15.2. The molecule has 0 bridgehead atoms. The molecule has 2 aromatic carbocycles. The lowest BCUT2D eigenvalue weighted by molar-refractivity contribution is 0.0524. The minimum Gasteiger partial charge on any atom is -0.379 e. The molecule has 0 amide bonds. The van der Waals surface area contributed by atoms with Gasteiger partial charge in [-0.3, -0.25) is 0 Å². The van der Waals surface area contributed by atoms with Crippen molar-refractivity contribution in [1.29, 1.82) is 0 Å². The van der Waals surface area contributed by atoms with E-state index in [4.69, 9.17) is 19.8 Å². The maximum atomic E-state index is 5.58. The second-order valence-corrected chi connectivity index (χ2v) is 5.98. The fourth-order valence-electron chi connectivity index (χ4n) is 2.79. The summed E-state index contributed by atoms with van der Waals surface area (Å²) in [6.07, 6.45) is 1.71. The Bertz CT molecular complexity index is 739. The summed E-state index contributed by atoms with van der Waals surface area (Å²) in [4.78, 5) is 4.81. The number of hydrogen-bond acceptors (Lipinski definition) is 3. The molecule has 0 N–H and O–H groups in total. The van der Waals surface area contributed by atoms with Gasteiger partial charge in [0, 0.05) is 30.8 Å². The van der Waals surface area contributed by atoms with Gasteiger partial charge in [0.15, 0.2) is 0 Å². The predicted octanol–water partition coefficient (Wildman–Crippen LogP) is 4.36. The second kappa shape index (κ2) is 9.90. The maximum Gasteiger partial charge on any atom is 0.129 e. The molecule has 0 aromatic heterocycles. The van der Waals surface area contributed by atoms with E-state index in [0.717, 1.165) is 47.8 Å². The van der Waals surface area contributed by atoms with Crippen molar-refractivity contribution in [2.24, 2.45) is 4.99 Å². The highest BCUT2D eigenvalue weighted by Gasteiger charge is 2.21. The first kappa shape index (κ1) is 18.4. The Balaban J connectivity index is 1.62. The number of amidine groups is 1. The van der Waals surface area contributed by atoms with E-state index in [9.17, 15) is 0 Å². The molecule has 1 radical (unpaired) electrons. The summed E-state index contributed by atoms with van der Waals surface area (Å²) in [6, 6.07) is 20.5. The van der Waals surface area contributed by atoms with E-state index in [1.807, 2.05) is 43.3 Å². The lowest BCUT2D eigenvalue weighted by Gasteiger charge is -2.06. The molecule has 0 saturated carbocycles. The standard InChI is InChI=1S/C22H25N2O2/c1-2-25-16-17-26-15-9-14-20-23-21(18-10-5-3-6-11-18)22(24-20)19-12-7-4-8-13-19/h3-8,10-13H,2,9,14-17H2,1H3. The van der Waals surface area contributed by atoms with Gasteiger partial charge in [-0.25, -0.2) is 10.3 Å². The molecule has 1 aliphatic rings. The zero-order chi connectivity index (χ0) is 18.0. The summed E-state index contributed by atoms with van der Waals surface area (Å²) in [5.41, 5.74) is 4.09. The molecule has 0 fully saturated rings. The Kier molecular flexibility index (Phi) is 6.99. The third-order valence-corrected chi connectivity index (χ3v) is 4.07. The molecule has 0 atom stereocenters. The summed E-state index contributed by atoms with van der Waals surface area (Å²) >= 11 is 0. The van der Waals surface area contributed by atoms with Crippen LogP contribution in [0.1, 0.15) is 30.9 Å². The average molecular weight is 349 g/mol. The summed E-state index contributed by atoms with van der Waals surface area (Å²) in [7, 11) is 0. The van der Waals surface area contributed by atoms with E-state index >= 15 is 0 Å². The van der Waals surface area contributed by atoms with E-state index in [1.165, 1.54) is 0 Å². The molecule has 0 aliphatic carbocycles. The van der Waals surface area contributed by atoms with Gasteiger partial charge in [0.2, 0.25) is 0 Å². The second-order valence-electron chi connectivity index (χ2n) is 5.98. The fourth-order valence-corrected chi connectivity index (χ4v) is 2.79. The zero-order valence-corrected chi connectivity index (χ0v) is 15.2. The van der Waals surface area contributed by atoms with Crippen LogP contribution in [0.5, 0.6) is 0 Å². The van der Waals surface area contributed by atoms with Crippen molar-refractivity contribution in [2.75, 3.05) is 26.4 Å². The molecule has 4 nitrogen and oxygen atoms in total. The topological polar surface area (TPSA) is 44.9 Å². The number of nitrogens with zero attached hydrogens (tertiary/aromatic N) is 2. The van der Waals surface area contributed by atoms with E-state index in [0.29, 0.717) is 19.8 Å². The molecule has 3 rings (SSSR count). The summed E-state index contributed by atoms with van der Waals surface area (Å²) < 4.78 is 10.8. The van der Waals surface area contributed by atoms with Crippen molar-refractivity contribution >= 4 is 17.2 Å². The van der Waals surface area contributed by atoms with Gasteiger partial charge < -0.3 is 9.47 Å². The van der Waals surface area contributed by atoms with Crippen molar-refractivity contribution in [3.8, 4) is 0 Å². The lowest BCUT2D eigenvalue weighted by Crippen LogP contribution is -2.12. The molecule has 0 saturated heterocycles. The molecule has 1 aliphatic heterocycles. The van der Waals surface area contributed by atoms with Crippen LogP contribution in [0.2, 0.25) is 0 Å². The van der Waals surface area contributed by atoms with Crippen LogP contribution >= 0.6 is 0 Å². The highest BCUT2D eigenvalue weighted by atomic mass is 16.5. The predicted molar refractivity (Wildman–Crippen MR) is 106 cm³/mol. The van der Waals surface area contributed by atoms with E-state index in [-0.39, 0.29) is 0 Å². The third-order valence-electron chi connectivity index (χ3n) is 4.07. The van der Waals surface area contributed by atoms with Crippen molar-refractivity contribution in [1.82, 2.24) is 5.32 Å². The van der Waals surface area contributed by atoms with Gasteiger partial charge >= 0.3 is 0 Å². The summed E-state index contributed by atoms with van der Waals surface area (Å²) in [5, 5.41) is 4.81. The van der Waals surface area contributed by atoms with Crippen LogP contribution in [0, 0.1) is 0 Å². The minimum absolute atomic E-state index is 0.639. The van der Waals surface area contributed by atoms with Gasteiger partial charge in [-0.05, 0) is 13.3 Å². The number of ether oxygens (including phenoxy) is 2. The Morgan fingerprint density at radius 1 is 0.731 bits per heavy atom. The van der Waals surface area contributed by atoms with E-state index in [1.54, 1.807) is 0 Å². The van der Waals surface area contributed by atoms with Crippen LogP contribution in [-0.4, -0.2) is 32.3 Å². The number of hydrogen-bond donors (Lipinski definition) is 0. The van der Waals surface area contributed by atoms with Crippen molar-refractivity contribution < 1.29 is 9.47 Å². The Morgan fingerprint density at radius 2 is 1.35 bits per heavy atom. The smallest absolute Gasteiger partial charge is 0.129 e. The summed E-state index contributed by atoms with van der Waals surface area (Å²) in [5.74, 6) is 0.871. The molecule has 0 unspecified atom stereocenters. The fraction of sp³-hybridized carbons (Fsp3) is 0.318. The van der Waals surface area contributed by atoms with Gasteiger partial charge in [0.1, 0.15) is 5.84 Å². The quantitative estimate of drug-likeness (QED) is 0.598. The summed E-state index contributed by atoms with van der Waals surface area (Å²) in [6.45, 7) is 4.71. The lowest BCUT2D eigenvalue weighted by atomic mass is 10.1. The Labute approximate surface area is 155 Å². The normalized spacial score (nSPS) is 13.7. The van der Waals surface area contributed by atoms with Crippen LogP contribution in [0.3, 0.4) is 0 Å². The molecule has 26 heavy (non-hydrogen) atoms. The first-order valence-corrected chi connectivity index (χ1v) is 9.18. The van der Waals surface area contributed by atoms with Crippen LogP contribution in [0.25, 0.3) is 11.4 Å². The monoisotopic (exact) mass is 349 g/mol. The SMILES string of the molecule is CCOCCOCCCC1=NC(c2ccccc2)=C(c2ccccc2)[N]1. The molecule has 4 heteroatoms. The van der Waals surface area contributed by atoms with Crippen molar-refractivity contribution in [3.05, 3.63) is 71.8 Å². The third kappa shape index (κ3) is 5.04. The molecular formula is C22H25N2O2. The number of benzene rings is 2. The average Bonchev–Trinajstić information content (AvgIpc) is 3.13. The number of aliphatic imine (C=N–C) groups is 1. The van der Waals surface area contributed by atoms with Crippen LogP contribution in [0.4, 0.5) is 0 Å². The maximum absolute atomic E-state index is 5.58. The Hall–Kier alpha value is -2.43. The number of rotatable bonds is 10. The van der Waals surface area contributed by atoms with Gasteiger partial charge in [0.05, 0.1) is 24.6 Å². The molecule has 1 heterocycles. The van der Waals surface area contributed by atoms with Crippen molar-refractivity contribution in [3.63, 3.8) is 0 Å². The van der Waals surface area contributed by atoms with Crippen LogP contribution < -0.4 is 5.32 Å². The van der Waals surface area contributed by atoms with Gasteiger partial charge in [-0.1, -0.05) is 60.7 Å². The minimum atomic E-state index is 0.639. The van der Waals surface area contributed by atoms with E-state index < -0.39 is 0 Å². The molecule has 0 spiro atoms.